The van der Waals surface area contributed by atoms with Crippen LogP contribution in [-0.4, -0.2) is 27.7 Å². The molecule has 1 N–H and O–H groups in total. The minimum absolute atomic E-state index is 0.158. The van der Waals surface area contributed by atoms with Crippen molar-refractivity contribution in [2.75, 3.05) is 13.1 Å². The zero-order chi connectivity index (χ0) is 18.6. The van der Waals surface area contributed by atoms with Crippen molar-refractivity contribution in [3.8, 4) is 0 Å². The lowest BCUT2D eigenvalue weighted by Crippen LogP contribution is -2.47. The van der Waals surface area contributed by atoms with E-state index in [-0.39, 0.29) is 6.04 Å². The van der Waals surface area contributed by atoms with Crippen molar-refractivity contribution in [1.82, 2.24) is 14.8 Å². The first-order valence-electron chi connectivity index (χ1n) is 9.52. The van der Waals surface area contributed by atoms with Crippen molar-refractivity contribution < 1.29 is 0 Å². The van der Waals surface area contributed by atoms with E-state index in [1.54, 1.807) is 0 Å². The highest BCUT2D eigenvalue weighted by Gasteiger charge is 2.30. The average Bonchev–Trinajstić information content (AvgIpc) is 3.17. The first-order chi connectivity index (χ1) is 13.2. The Kier molecular flexibility index (Phi) is 5.26. The molecule has 3 nitrogen and oxygen atoms in total. The molecular formula is C23H25N3S. The summed E-state index contributed by atoms with van der Waals surface area (Å²) in [5, 5.41) is 4.32. The number of hydrogen-bond acceptors (Lipinski definition) is 1. The summed E-state index contributed by atoms with van der Waals surface area (Å²) in [6, 6.07) is 23.9. The molecular weight excluding hydrogens is 350 g/mol. The van der Waals surface area contributed by atoms with Gasteiger partial charge in [-0.1, -0.05) is 60.2 Å². The van der Waals surface area contributed by atoms with Crippen LogP contribution in [0.15, 0.2) is 72.9 Å². The zero-order valence-corrected chi connectivity index (χ0v) is 16.5. The van der Waals surface area contributed by atoms with E-state index in [0.29, 0.717) is 0 Å². The molecule has 4 heteroatoms. The van der Waals surface area contributed by atoms with Gasteiger partial charge >= 0.3 is 0 Å². The second kappa shape index (κ2) is 7.97. The maximum Gasteiger partial charge on any atom is 0.169 e. The molecule has 0 saturated heterocycles. The van der Waals surface area contributed by atoms with E-state index in [2.05, 4.69) is 94.6 Å². The van der Waals surface area contributed by atoms with E-state index in [0.717, 1.165) is 31.2 Å². The molecule has 0 amide bonds. The summed E-state index contributed by atoms with van der Waals surface area (Å²) in [7, 11) is 0. The second-order valence-corrected chi connectivity index (χ2v) is 7.49. The van der Waals surface area contributed by atoms with Crippen LogP contribution in [-0.2, 0) is 13.0 Å². The minimum atomic E-state index is 0.158. The van der Waals surface area contributed by atoms with Gasteiger partial charge in [0.25, 0.3) is 0 Å². The zero-order valence-electron chi connectivity index (χ0n) is 15.6. The average molecular weight is 376 g/mol. The highest BCUT2D eigenvalue weighted by atomic mass is 32.1. The van der Waals surface area contributed by atoms with Crippen molar-refractivity contribution in [2.24, 2.45) is 0 Å². The van der Waals surface area contributed by atoms with Crippen molar-refractivity contribution in [3.63, 3.8) is 0 Å². The fourth-order valence-electron chi connectivity index (χ4n) is 3.76. The lowest BCUT2D eigenvalue weighted by Gasteiger charge is -2.39. The number of fused-ring (bicyclic) bond motifs is 1. The maximum atomic E-state index is 5.80. The minimum Gasteiger partial charge on any atom is -0.362 e. The summed E-state index contributed by atoms with van der Waals surface area (Å²) in [5.41, 5.74) is 5.19. The molecule has 0 unspecified atom stereocenters. The van der Waals surface area contributed by atoms with Crippen molar-refractivity contribution in [1.29, 1.82) is 0 Å². The van der Waals surface area contributed by atoms with Gasteiger partial charge in [0.15, 0.2) is 5.11 Å². The molecule has 0 fully saturated rings. The molecule has 0 aliphatic carbocycles. The lowest BCUT2D eigenvalue weighted by atomic mass is 9.99. The van der Waals surface area contributed by atoms with Crippen molar-refractivity contribution in [2.45, 2.75) is 25.9 Å². The molecule has 1 aliphatic rings. The van der Waals surface area contributed by atoms with E-state index in [1.165, 1.54) is 22.4 Å². The van der Waals surface area contributed by atoms with E-state index in [1.807, 2.05) is 0 Å². The Labute approximate surface area is 166 Å². The summed E-state index contributed by atoms with van der Waals surface area (Å²) >= 11 is 5.80. The van der Waals surface area contributed by atoms with Crippen LogP contribution in [0.25, 0.3) is 0 Å². The first-order valence-corrected chi connectivity index (χ1v) is 9.93. The van der Waals surface area contributed by atoms with Gasteiger partial charge in [-0.2, -0.15) is 0 Å². The molecule has 4 rings (SSSR count). The molecule has 0 saturated carbocycles. The summed E-state index contributed by atoms with van der Waals surface area (Å²) in [4.78, 5) is 2.33. The Hall–Kier alpha value is -2.59. The number of nitrogens with one attached hydrogen (secondary N) is 1. The molecule has 0 radical (unpaired) electrons. The molecule has 27 heavy (non-hydrogen) atoms. The van der Waals surface area contributed by atoms with Gasteiger partial charge in [-0.15, -0.1) is 0 Å². The van der Waals surface area contributed by atoms with Crippen molar-refractivity contribution >= 4 is 17.3 Å². The van der Waals surface area contributed by atoms with Gasteiger partial charge < -0.3 is 14.8 Å². The standard InChI is InChI=1S/C23H25N3S/c1-18-9-11-20(12-10-18)22-21-8-5-15-25(21)16-17-26(22)23(27)24-14-13-19-6-3-2-4-7-19/h2-12,15,22H,13-14,16-17H2,1H3,(H,24,27)/t22-/m1/s1. The Morgan fingerprint density at radius 2 is 1.78 bits per heavy atom. The van der Waals surface area contributed by atoms with E-state index in [9.17, 15) is 0 Å². The number of hydrogen-bond donors (Lipinski definition) is 1. The highest BCUT2D eigenvalue weighted by Crippen LogP contribution is 2.32. The smallest absolute Gasteiger partial charge is 0.169 e. The molecule has 2 heterocycles. The predicted octanol–water partition coefficient (Wildman–Crippen LogP) is 4.32. The van der Waals surface area contributed by atoms with Gasteiger partial charge in [0.2, 0.25) is 0 Å². The van der Waals surface area contributed by atoms with Gasteiger partial charge in [0.05, 0.1) is 6.04 Å². The topological polar surface area (TPSA) is 20.2 Å². The van der Waals surface area contributed by atoms with Crippen LogP contribution < -0.4 is 5.32 Å². The number of aryl methyl sites for hydroxylation is 1. The number of nitrogens with zero attached hydrogens (tertiary/aromatic N) is 2. The largest absolute Gasteiger partial charge is 0.362 e. The number of thiocarbonyl (C=S) groups is 1. The number of benzene rings is 2. The molecule has 0 spiro atoms. The molecule has 3 aromatic rings. The van der Waals surface area contributed by atoms with Crippen LogP contribution in [0.3, 0.4) is 0 Å². The van der Waals surface area contributed by atoms with Gasteiger partial charge in [0.1, 0.15) is 0 Å². The quantitative estimate of drug-likeness (QED) is 0.686. The van der Waals surface area contributed by atoms with Gasteiger partial charge in [-0.25, -0.2) is 0 Å². The van der Waals surface area contributed by atoms with Crippen molar-refractivity contribution in [3.05, 3.63) is 95.3 Å². The summed E-state index contributed by atoms with van der Waals surface area (Å²) in [6.45, 7) is 4.85. The predicted molar refractivity (Wildman–Crippen MR) is 115 cm³/mol. The van der Waals surface area contributed by atoms with Crippen LogP contribution in [0.5, 0.6) is 0 Å². The number of aromatic nitrogens is 1. The Bertz CT molecular complexity index is 899. The highest BCUT2D eigenvalue weighted by molar-refractivity contribution is 7.80. The third-order valence-electron chi connectivity index (χ3n) is 5.22. The Morgan fingerprint density at radius 1 is 1.00 bits per heavy atom. The van der Waals surface area contributed by atoms with Gasteiger partial charge in [-0.3, -0.25) is 0 Å². The fourth-order valence-corrected chi connectivity index (χ4v) is 4.06. The summed E-state index contributed by atoms with van der Waals surface area (Å²) in [5.74, 6) is 0. The molecule has 1 aromatic heterocycles. The lowest BCUT2D eigenvalue weighted by molar-refractivity contribution is 0.286. The Morgan fingerprint density at radius 3 is 2.56 bits per heavy atom. The molecule has 2 aromatic carbocycles. The van der Waals surface area contributed by atoms with Crippen LogP contribution in [0.2, 0.25) is 0 Å². The van der Waals surface area contributed by atoms with Gasteiger partial charge in [0, 0.05) is 31.5 Å². The maximum absolute atomic E-state index is 5.80. The summed E-state index contributed by atoms with van der Waals surface area (Å²) < 4.78 is 2.34. The monoisotopic (exact) mass is 375 g/mol. The number of rotatable bonds is 4. The van der Waals surface area contributed by atoms with E-state index >= 15 is 0 Å². The van der Waals surface area contributed by atoms with E-state index in [4.69, 9.17) is 12.2 Å². The molecule has 138 valence electrons. The second-order valence-electron chi connectivity index (χ2n) is 7.10. The third-order valence-corrected chi connectivity index (χ3v) is 5.60. The SMILES string of the molecule is Cc1ccc([C@@H]2c3cccn3CCN2C(=S)NCCc2ccccc2)cc1. The first kappa shape index (κ1) is 17.8. The van der Waals surface area contributed by atoms with Crippen LogP contribution in [0.4, 0.5) is 0 Å². The fraction of sp³-hybridized carbons (Fsp3) is 0.261. The van der Waals surface area contributed by atoms with Crippen LogP contribution >= 0.6 is 12.2 Å². The van der Waals surface area contributed by atoms with Gasteiger partial charge in [-0.05, 0) is 48.8 Å². The third kappa shape index (κ3) is 3.91. The van der Waals surface area contributed by atoms with Crippen LogP contribution in [0, 0.1) is 6.92 Å². The Balaban J connectivity index is 1.51. The molecule has 0 bridgehead atoms. The molecule has 1 atom stereocenters. The summed E-state index contributed by atoms with van der Waals surface area (Å²) in [6.07, 6.45) is 3.14. The van der Waals surface area contributed by atoms with E-state index < -0.39 is 0 Å². The molecule has 1 aliphatic heterocycles. The van der Waals surface area contributed by atoms with Crippen LogP contribution in [0.1, 0.15) is 28.4 Å². The normalized spacial score (nSPS) is 16.0.